The second-order valence-electron chi connectivity index (χ2n) is 5.26. The molecular formula is C15H29IN4O3. The van der Waals surface area contributed by atoms with Crippen LogP contribution in [0, 0.1) is 5.92 Å². The van der Waals surface area contributed by atoms with Crippen LogP contribution in [0.2, 0.25) is 0 Å². The van der Waals surface area contributed by atoms with Gasteiger partial charge in [0, 0.05) is 26.7 Å². The van der Waals surface area contributed by atoms with E-state index in [1.54, 1.807) is 7.05 Å². The second-order valence-corrected chi connectivity index (χ2v) is 5.26. The molecule has 7 nitrogen and oxygen atoms in total. The number of hydrogen-bond acceptors (Lipinski definition) is 4. The molecule has 0 radical (unpaired) electrons. The number of aliphatic imine (C=N–C) groups is 1. The molecule has 0 aliphatic carbocycles. The first-order chi connectivity index (χ1) is 10.6. The highest BCUT2D eigenvalue weighted by atomic mass is 127. The normalized spacial score (nSPS) is 15.6. The number of hydrogen-bond donors (Lipinski definition) is 2. The minimum atomic E-state index is -0.107. The zero-order valence-electron chi connectivity index (χ0n) is 14.3. The van der Waals surface area contributed by atoms with E-state index in [-0.39, 0.29) is 48.3 Å². The van der Waals surface area contributed by atoms with Crippen molar-refractivity contribution in [1.29, 1.82) is 0 Å². The van der Waals surface area contributed by atoms with Crippen LogP contribution in [0.4, 0.5) is 0 Å². The molecule has 0 spiro atoms. The molecule has 1 aliphatic heterocycles. The molecule has 134 valence electrons. The lowest BCUT2D eigenvalue weighted by Crippen LogP contribution is -2.49. The van der Waals surface area contributed by atoms with Crippen molar-refractivity contribution in [2.75, 3.05) is 39.8 Å². The van der Waals surface area contributed by atoms with Crippen LogP contribution in [-0.4, -0.2) is 62.6 Å². The fraction of sp³-hybridized carbons (Fsp3) is 0.800. The Bertz CT molecular complexity index is 396. The van der Waals surface area contributed by atoms with Crippen molar-refractivity contribution in [3.8, 4) is 0 Å². The number of rotatable bonds is 6. The number of amides is 1. The van der Waals surface area contributed by atoms with E-state index in [4.69, 9.17) is 4.74 Å². The highest BCUT2D eigenvalue weighted by Crippen LogP contribution is 2.18. The molecule has 0 aromatic carbocycles. The van der Waals surface area contributed by atoms with Gasteiger partial charge < -0.3 is 20.3 Å². The molecule has 1 heterocycles. The monoisotopic (exact) mass is 440 g/mol. The minimum absolute atomic E-state index is 0. The van der Waals surface area contributed by atoms with Gasteiger partial charge in [0.05, 0.1) is 19.1 Å². The van der Waals surface area contributed by atoms with Gasteiger partial charge in [0.25, 0.3) is 0 Å². The van der Waals surface area contributed by atoms with Gasteiger partial charge in [-0.2, -0.15) is 0 Å². The standard InChI is InChI=1S/C15H28N4O3.HI/c1-4-8-17-13(20)11-18-15(16-3)19-9-6-12(7-10-19)14(21)22-5-2;/h12H,4-11H2,1-3H3,(H,16,18)(H,17,20);1H. The summed E-state index contributed by atoms with van der Waals surface area (Å²) in [4.78, 5) is 29.6. The molecule has 0 aromatic rings. The smallest absolute Gasteiger partial charge is 0.309 e. The van der Waals surface area contributed by atoms with Gasteiger partial charge in [-0.15, -0.1) is 24.0 Å². The SMILES string of the molecule is CCCNC(=O)CNC(=NC)N1CCC(C(=O)OCC)CC1.I. The maximum Gasteiger partial charge on any atom is 0.309 e. The van der Waals surface area contributed by atoms with Crippen molar-refractivity contribution in [3.63, 3.8) is 0 Å². The fourth-order valence-corrected chi connectivity index (χ4v) is 2.41. The predicted octanol–water partition coefficient (Wildman–Crippen LogP) is 0.981. The Morgan fingerprint density at radius 3 is 2.39 bits per heavy atom. The molecular weight excluding hydrogens is 411 g/mol. The van der Waals surface area contributed by atoms with E-state index in [1.165, 1.54) is 0 Å². The van der Waals surface area contributed by atoms with Crippen LogP contribution in [0.25, 0.3) is 0 Å². The lowest BCUT2D eigenvalue weighted by atomic mass is 9.97. The number of esters is 1. The van der Waals surface area contributed by atoms with Crippen LogP contribution < -0.4 is 10.6 Å². The molecule has 0 atom stereocenters. The zero-order valence-corrected chi connectivity index (χ0v) is 16.6. The summed E-state index contributed by atoms with van der Waals surface area (Å²) in [6, 6.07) is 0. The number of piperidine rings is 1. The molecule has 1 rings (SSSR count). The second kappa shape index (κ2) is 12.4. The number of carbonyl (C=O) groups is 2. The summed E-state index contributed by atoms with van der Waals surface area (Å²) in [5, 5.41) is 5.88. The van der Waals surface area contributed by atoms with E-state index in [9.17, 15) is 9.59 Å². The topological polar surface area (TPSA) is 83.0 Å². The van der Waals surface area contributed by atoms with Gasteiger partial charge in [0.15, 0.2) is 5.96 Å². The quantitative estimate of drug-likeness (QED) is 0.279. The van der Waals surface area contributed by atoms with Crippen molar-refractivity contribution in [1.82, 2.24) is 15.5 Å². The number of ether oxygens (including phenoxy) is 1. The lowest BCUT2D eigenvalue weighted by Gasteiger charge is -2.33. The largest absolute Gasteiger partial charge is 0.466 e. The Balaban J connectivity index is 0.00000484. The van der Waals surface area contributed by atoms with Gasteiger partial charge in [-0.1, -0.05) is 6.92 Å². The molecule has 8 heteroatoms. The van der Waals surface area contributed by atoms with Crippen molar-refractivity contribution in [3.05, 3.63) is 0 Å². The third-order valence-electron chi connectivity index (χ3n) is 3.61. The van der Waals surface area contributed by atoms with E-state index in [0.29, 0.717) is 19.1 Å². The number of carbonyl (C=O) groups excluding carboxylic acids is 2. The molecule has 1 aliphatic rings. The van der Waals surface area contributed by atoms with Gasteiger partial charge in [-0.3, -0.25) is 14.6 Å². The molecule has 1 amide bonds. The summed E-state index contributed by atoms with van der Waals surface area (Å²) in [5.41, 5.74) is 0. The summed E-state index contributed by atoms with van der Waals surface area (Å²) in [6.07, 6.45) is 2.42. The molecule has 1 fully saturated rings. The Morgan fingerprint density at radius 1 is 1.22 bits per heavy atom. The van der Waals surface area contributed by atoms with Crippen LogP contribution >= 0.6 is 24.0 Å². The Hall–Kier alpha value is -1.06. The number of nitrogens with one attached hydrogen (secondary N) is 2. The van der Waals surface area contributed by atoms with Gasteiger partial charge in [0.2, 0.25) is 5.91 Å². The highest BCUT2D eigenvalue weighted by molar-refractivity contribution is 14.0. The Morgan fingerprint density at radius 2 is 1.87 bits per heavy atom. The predicted molar refractivity (Wildman–Crippen MR) is 101 cm³/mol. The lowest BCUT2D eigenvalue weighted by molar-refractivity contribution is -0.149. The Labute approximate surface area is 155 Å². The average Bonchev–Trinajstić information content (AvgIpc) is 2.54. The summed E-state index contributed by atoms with van der Waals surface area (Å²) in [6.45, 7) is 6.63. The van der Waals surface area contributed by atoms with Crippen LogP contribution in [0.3, 0.4) is 0 Å². The molecule has 0 bridgehead atoms. The van der Waals surface area contributed by atoms with Crippen molar-refractivity contribution in [2.45, 2.75) is 33.1 Å². The van der Waals surface area contributed by atoms with E-state index in [0.717, 1.165) is 32.4 Å². The summed E-state index contributed by atoms with van der Waals surface area (Å²) in [7, 11) is 1.70. The fourth-order valence-electron chi connectivity index (χ4n) is 2.41. The Kier molecular flexibility index (Phi) is 11.8. The first-order valence-electron chi connectivity index (χ1n) is 8.01. The van der Waals surface area contributed by atoms with Crippen LogP contribution in [0.15, 0.2) is 4.99 Å². The van der Waals surface area contributed by atoms with E-state index in [1.807, 2.05) is 13.8 Å². The number of nitrogens with zero attached hydrogens (tertiary/aromatic N) is 2. The minimum Gasteiger partial charge on any atom is -0.466 e. The average molecular weight is 440 g/mol. The van der Waals surface area contributed by atoms with Crippen molar-refractivity contribution < 1.29 is 14.3 Å². The highest BCUT2D eigenvalue weighted by Gasteiger charge is 2.27. The van der Waals surface area contributed by atoms with Crippen LogP contribution in [0.5, 0.6) is 0 Å². The first-order valence-corrected chi connectivity index (χ1v) is 8.01. The van der Waals surface area contributed by atoms with E-state index in [2.05, 4.69) is 20.5 Å². The molecule has 0 aromatic heterocycles. The molecule has 0 saturated carbocycles. The molecule has 0 unspecified atom stereocenters. The summed E-state index contributed by atoms with van der Waals surface area (Å²) >= 11 is 0. The van der Waals surface area contributed by atoms with Crippen LogP contribution in [-0.2, 0) is 14.3 Å². The van der Waals surface area contributed by atoms with Gasteiger partial charge >= 0.3 is 5.97 Å². The number of halogens is 1. The van der Waals surface area contributed by atoms with Gasteiger partial charge in [-0.05, 0) is 26.2 Å². The summed E-state index contributed by atoms with van der Waals surface area (Å²) in [5.74, 6) is 0.532. The number of guanidine groups is 1. The van der Waals surface area contributed by atoms with Gasteiger partial charge in [-0.25, -0.2) is 0 Å². The van der Waals surface area contributed by atoms with Gasteiger partial charge in [0.1, 0.15) is 0 Å². The van der Waals surface area contributed by atoms with E-state index >= 15 is 0 Å². The number of likely N-dealkylation sites (tertiary alicyclic amines) is 1. The first kappa shape index (κ1) is 21.9. The zero-order chi connectivity index (χ0) is 16.4. The van der Waals surface area contributed by atoms with Crippen LogP contribution in [0.1, 0.15) is 33.1 Å². The molecule has 2 N–H and O–H groups in total. The maximum absolute atomic E-state index is 11.7. The van der Waals surface area contributed by atoms with Crippen molar-refractivity contribution in [2.24, 2.45) is 10.9 Å². The maximum atomic E-state index is 11.7. The van der Waals surface area contributed by atoms with Crippen molar-refractivity contribution >= 4 is 41.8 Å². The third-order valence-corrected chi connectivity index (χ3v) is 3.61. The molecule has 23 heavy (non-hydrogen) atoms. The summed E-state index contributed by atoms with van der Waals surface area (Å²) < 4.78 is 5.06. The van der Waals surface area contributed by atoms with E-state index < -0.39 is 0 Å². The third kappa shape index (κ3) is 7.85. The molecule has 1 saturated heterocycles.